The van der Waals surface area contributed by atoms with Crippen molar-refractivity contribution in [3.05, 3.63) is 52.9 Å². The third-order valence-corrected chi connectivity index (χ3v) is 7.21. The van der Waals surface area contributed by atoms with Gasteiger partial charge >= 0.3 is 0 Å². The number of terminal acetylenes is 1. The number of nitrogens with two attached hydrogens (primary N) is 2. The summed E-state index contributed by atoms with van der Waals surface area (Å²) >= 11 is 3.44. The standard InChI is InChI=1S/C24H23BrN6/c1-2-24(8-5-15-3-4-16-12-19(25)22(27)30-20(16)11-15)9-6-17(13-24)31-10-7-18-21(26)28-14-29-23(18)31/h1,3-4,7,10-12,14,17H,5-6,8-9,13H2,(H2,27,30)(H2,26,28,29). The number of benzene rings is 1. The molecule has 1 aromatic carbocycles. The fourth-order valence-corrected chi connectivity index (χ4v) is 5.13. The number of fused-ring (bicyclic) bond motifs is 2. The van der Waals surface area contributed by atoms with Gasteiger partial charge in [-0.25, -0.2) is 15.0 Å². The Labute approximate surface area is 189 Å². The van der Waals surface area contributed by atoms with Crippen LogP contribution < -0.4 is 11.5 Å². The van der Waals surface area contributed by atoms with E-state index in [1.165, 1.54) is 11.9 Å². The van der Waals surface area contributed by atoms with E-state index in [4.69, 9.17) is 17.9 Å². The van der Waals surface area contributed by atoms with E-state index in [1.54, 1.807) is 0 Å². The largest absolute Gasteiger partial charge is 0.383 e. The van der Waals surface area contributed by atoms with Crippen LogP contribution in [-0.4, -0.2) is 19.5 Å². The van der Waals surface area contributed by atoms with Gasteiger partial charge < -0.3 is 16.0 Å². The third-order valence-electron chi connectivity index (χ3n) is 6.58. The van der Waals surface area contributed by atoms with E-state index < -0.39 is 0 Å². The summed E-state index contributed by atoms with van der Waals surface area (Å²) in [5, 5.41) is 1.97. The van der Waals surface area contributed by atoms with Gasteiger partial charge in [0.05, 0.1) is 15.4 Å². The predicted molar refractivity (Wildman–Crippen MR) is 128 cm³/mol. The molecule has 2 atom stereocenters. The summed E-state index contributed by atoms with van der Waals surface area (Å²) in [6.45, 7) is 0. The van der Waals surface area contributed by atoms with Crippen LogP contribution in [0.2, 0.25) is 0 Å². The van der Waals surface area contributed by atoms with E-state index >= 15 is 0 Å². The number of aryl methyl sites for hydroxylation is 1. The van der Waals surface area contributed by atoms with Crippen LogP contribution in [0, 0.1) is 17.8 Å². The SMILES string of the molecule is C#CC1(CCc2ccc3cc(Br)c(N)nc3c2)CCC(n2ccc3c(N)ncnc32)C1. The Morgan fingerprint density at radius 2 is 2.06 bits per heavy atom. The minimum absolute atomic E-state index is 0.124. The number of aromatic nitrogens is 4. The quantitative estimate of drug-likeness (QED) is 0.410. The predicted octanol–water partition coefficient (Wildman–Crippen LogP) is 4.88. The molecule has 0 spiro atoms. The molecule has 2 unspecified atom stereocenters. The maximum Gasteiger partial charge on any atom is 0.145 e. The molecule has 5 rings (SSSR count). The Hall–Kier alpha value is -3.11. The molecule has 6 nitrogen and oxygen atoms in total. The van der Waals surface area contributed by atoms with Crippen molar-refractivity contribution < 1.29 is 0 Å². The van der Waals surface area contributed by atoms with Crippen molar-refractivity contribution in [3.63, 3.8) is 0 Å². The van der Waals surface area contributed by atoms with E-state index in [0.717, 1.165) is 58.5 Å². The molecular formula is C24H23BrN6. The average molecular weight is 475 g/mol. The first-order chi connectivity index (χ1) is 15.0. The van der Waals surface area contributed by atoms with Gasteiger partial charge in [0, 0.05) is 23.0 Å². The van der Waals surface area contributed by atoms with E-state index in [0.29, 0.717) is 17.7 Å². The average Bonchev–Trinajstić information content (AvgIpc) is 3.39. The summed E-state index contributed by atoms with van der Waals surface area (Å²) in [7, 11) is 0. The van der Waals surface area contributed by atoms with Crippen molar-refractivity contribution in [1.29, 1.82) is 0 Å². The normalized spacial score (nSPS) is 21.0. The van der Waals surface area contributed by atoms with E-state index in [-0.39, 0.29) is 5.41 Å². The summed E-state index contributed by atoms with van der Waals surface area (Å²) in [6.07, 6.45) is 14.5. The van der Waals surface area contributed by atoms with Crippen LogP contribution in [-0.2, 0) is 6.42 Å². The van der Waals surface area contributed by atoms with E-state index in [2.05, 4.69) is 65.8 Å². The summed E-state index contributed by atoms with van der Waals surface area (Å²) in [5.41, 5.74) is 14.9. The van der Waals surface area contributed by atoms with Crippen molar-refractivity contribution in [2.45, 2.75) is 38.1 Å². The minimum Gasteiger partial charge on any atom is -0.383 e. The number of nitrogen functional groups attached to an aromatic ring is 2. The van der Waals surface area contributed by atoms with Gasteiger partial charge in [0.2, 0.25) is 0 Å². The molecule has 1 saturated carbocycles. The lowest BCUT2D eigenvalue weighted by Gasteiger charge is -2.24. The molecule has 0 amide bonds. The molecule has 1 aliphatic rings. The number of hydrogen-bond donors (Lipinski definition) is 2. The summed E-state index contributed by atoms with van der Waals surface area (Å²) in [6, 6.07) is 10.7. The third kappa shape index (κ3) is 3.51. The highest BCUT2D eigenvalue weighted by Crippen LogP contribution is 2.47. The molecule has 1 fully saturated rings. The Morgan fingerprint density at radius 1 is 1.19 bits per heavy atom. The Kier molecular flexibility index (Phi) is 4.82. The van der Waals surface area contributed by atoms with E-state index in [1.807, 2.05) is 12.1 Å². The van der Waals surface area contributed by atoms with Gasteiger partial charge in [0.1, 0.15) is 23.6 Å². The van der Waals surface area contributed by atoms with Gasteiger partial charge in [-0.3, -0.25) is 0 Å². The van der Waals surface area contributed by atoms with Crippen LogP contribution in [0.25, 0.3) is 21.9 Å². The lowest BCUT2D eigenvalue weighted by molar-refractivity contribution is 0.363. The number of nitrogens with zero attached hydrogens (tertiary/aromatic N) is 4. The van der Waals surface area contributed by atoms with Crippen LogP contribution in [0.15, 0.2) is 47.3 Å². The van der Waals surface area contributed by atoms with Gasteiger partial charge in [-0.2, -0.15) is 0 Å². The summed E-state index contributed by atoms with van der Waals surface area (Å²) in [4.78, 5) is 13.0. The smallest absolute Gasteiger partial charge is 0.145 e. The van der Waals surface area contributed by atoms with Crippen molar-refractivity contribution >= 4 is 49.5 Å². The van der Waals surface area contributed by atoms with Crippen molar-refractivity contribution in [2.24, 2.45) is 5.41 Å². The van der Waals surface area contributed by atoms with Crippen molar-refractivity contribution in [2.75, 3.05) is 11.5 Å². The highest BCUT2D eigenvalue weighted by atomic mass is 79.9. The molecule has 31 heavy (non-hydrogen) atoms. The van der Waals surface area contributed by atoms with Crippen LogP contribution in [0.5, 0.6) is 0 Å². The van der Waals surface area contributed by atoms with Crippen LogP contribution in [0.3, 0.4) is 0 Å². The first-order valence-electron chi connectivity index (χ1n) is 10.4. The molecule has 7 heteroatoms. The first-order valence-corrected chi connectivity index (χ1v) is 11.2. The molecule has 4 aromatic rings. The second-order valence-corrected chi connectivity index (χ2v) is 9.28. The fraction of sp³-hybridized carbons (Fsp3) is 0.292. The molecule has 156 valence electrons. The van der Waals surface area contributed by atoms with Gasteiger partial charge in [-0.15, -0.1) is 6.42 Å². The van der Waals surface area contributed by atoms with E-state index in [9.17, 15) is 0 Å². The molecule has 0 aliphatic heterocycles. The van der Waals surface area contributed by atoms with Gasteiger partial charge in [0.15, 0.2) is 0 Å². The molecule has 1 aliphatic carbocycles. The molecule has 4 N–H and O–H groups in total. The second-order valence-electron chi connectivity index (χ2n) is 8.42. The lowest BCUT2D eigenvalue weighted by atomic mass is 9.81. The molecule has 3 aromatic heterocycles. The second kappa shape index (κ2) is 7.54. The lowest BCUT2D eigenvalue weighted by Crippen LogP contribution is -2.16. The van der Waals surface area contributed by atoms with Crippen LogP contribution in [0.4, 0.5) is 11.6 Å². The zero-order valence-corrected chi connectivity index (χ0v) is 18.6. The number of halogens is 1. The van der Waals surface area contributed by atoms with Crippen molar-refractivity contribution in [1.82, 2.24) is 19.5 Å². The molecule has 0 bridgehead atoms. The number of pyridine rings is 1. The summed E-state index contributed by atoms with van der Waals surface area (Å²) in [5.74, 6) is 4.16. The summed E-state index contributed by atoms with van der Waals surface area (Å²) < 4.78 is 3.04. The minimum atomic E-state index is -0.124. The van der Waals surface area contributed by atoms with Crippen molar-refractivity contribution in [3.8, 4) is 12.3 Å². The van der Waals surface area contributed by atoms with Gasteiger partial charge in [0.25, 0.3) is 0 Å². The first kappa shape index (κ1) is 19.8. The molecule has 3 heterocycles. The monoisotopic (exact) mass is 474 g/mol. The zero-order chi connectivity index (χ0) is 21.6. The molecule has 0 saturated heterocycles. The number of hydrogen-bond acceptors (Lipinski definition) is 5. The zero-order valence-electron chi connectivity index (χ0n) is 17.1. The topological polar surface area (TPSA) is 95.6 Å². The van der Waals surface area contributed by atoms with Gasteiger partial charge in [-0.1, -0.05) is 18.1 Å². The molecule has 0 radical (unpaired) electrons. The number of rotatable bonds is 4. The molecular weight excluding hydrogens is 452 g/mol. The number of anilines is 2. The fourth-order valence-electron chi connectivity index (χ4n) is 4.79. The maximum atomic E-state index is 6.07. The van der Waals surface area contributed by atoms with Crippen LogP contribution in [0.1, 0.15) is 37.3 Å². The highest BCUT2D eigenvalue weighted by Gasteiger charge is 2.38. The maximum absolute atomic E-state index is 6.07. The highest BCUT2D eigenvalue weighted by molar-refractivity contribution is 9.10. The Morgan fingerprint density at radius 3 is 2.90 bits per heavy atom. The van der Waals surface area contributed by atoms with Crippen LogP contribution >= 0.6 is 15.9 Å². The Balaban J connectivity index is 1.35. The Bertz CT molecular complexity index is 1340. The van der Waals surface area contributed by atoms with Gasteiger partial charge in [-0.05, 0) is 71.8 Å².